The van der Waals surface area contributed by atoms with Gasteiger partial charge in [0.25, 0.3) is 0 Å². The molecular weight excluding hydrogens is 699 g/mol. The standard InChI is InChI=1S/C50H34F2N2O2/c1-55-49-25-13-33(31-11-23-47-41(27-31)39-7-3-5-9-45(39)53(47)37-19-15-35(51)16-20-37)29-43(49)44-30-34(14-26-50(44)56-2)32-12-24-48-42(28-32)40-8-4-6-10-46(40)54(48)38-21-17-36(52)18-22-38/h3-30H,1-2H3. The highest BCUT2D eigenvalue weighted by molar-refractivity contribution is 6.11. The van der Waals surface area contributed by atoms with E-state index in [2.05, 4.69) is 106 Å². The van der Waals surface area contributed by atoms with Crippen LogP contribution in [-0.4, -0.2) is 23.4 Å². The lowest BCUT2D eigenvalue weighted by Crippen LogP contribution is -1.95. The number of methoxy groups -OCH3 is 2. The van der Waals surface area contributed by atoms with Gasteiger partial charge in [0.2, 0.25) is 0 Å². The minimum Gasteiger partial charge on any atom is -0.496 e. The average molecular weight is 733 g/mol. The minimum atomic E-state index is -0.262. The number of aromatic nitrogens is 2. The molecule has 2 heterocycles. The van der Waals surface area contributed by atoms with Gasteiger partial charge >= 0.3 is 0 Å². The Hall–Kier alpha value is -7.18. The first-order valence-electron chi connectivity index (χ1n) is 18.4. The van der Waals surface area contributed by atoms with Crippen molar-refractivity contribution in [3.05, 3.63) is 181 Å². The summed E-state index contributed by atoms with van der Waals surface area (Å²) in [6.45, 7) is 0. The highest BCUT2D eigenvalue weighted by Gasteiger charge is 2.18. The molecule has 4 nitrogen and oxygen atoms in total. The molecule has 6 heteroatoms. The second-order valence-corrected chi connectivity index (χ2v) is 14.0. The van der Waals surface area contributed by atoms with E-state index in [4.69, 9.17) is 9.47 Å². The molecule has 2 aromatic heterocycles. The summed E-state index contributed by atoms with van der Waals surface area (Å²) in [7, 11) is 3.38. The number of halogens is 2. The Morgan fingerprint density at radius 2 is 0.714 bits per heavy atom. The number of rotatable bonds is 7. The molecule has 8 aromatic carbocycles. The van der Waals surface area contributed by atoms with E-state index in [1.54, 1.807) is 14.2 Å². The second-order valence-electron chi connectivity index (χ2n) is 14.0. The molecule has 0 aliphatic carbocycles. The first-order chi connectivity index (χ1) is 27.5. The van der Waals surface area contributed by atoms with E-state index in [-0.39, 0.29) is 11.6 Å². The summed E-state index contributed by atoms with van der Waals surface area (Å²) in [4.78, 5) is 0. The lowest BCUT2D eigenvalue weighted by Gasteiger charge is -2.16. The third-order valence-corrected chi connectivity index (χ3v) is 10.9. The quantitative estimate of drug-likeness (QED) is 0.163. The maximum atomic E-state index is 13.9. The number of hydrogen-bond acceptors (Lipinski definition) is 2. The topological polar surface area (TPSA) is 28.3 Å². The zero-order valence-corrected chi connectivity index (χ0v) is 30.6. The molecule has 0 N–H and O–H groups in total. The lowest BCUT2D eigenvalue weighted by atomic mass is 9.94. The summed E-state index contributed by atoms with van der Waals surface area (Å²) in [6.07, 6.45) is 0. The van der Waals surface area contributed by atoms with Gasteiger partial charge in [0.1, 0.15) is 23.1 Å². The van der Waals surface area contributed by atoms with E-state index in [0.29, 0.717) is 0 Å². The fraction of sp³-hybridized carbons (Fsp3) is 0.0400. The smallest absolute Gasteiger partial charge is 0.126 e. The molecule has 0 atom stereocenters. The fourth-order valence-electron chi connectivity index (χ4n) is 8.24. The number of para-hydroxylation sites is 2. The summed E-state index contributed by atoms with van der Waals surface area (Å²) in [5.41, 5.74) is 12.0. The minimum absolute atomic E-state index is 0.262. The number of fused-ring (bicyclic) bond motifs is 6. The van der Waals surface area contributed by atoms with Crippen LogP contribution in [0.2, 0.25) is 0 Å². The molecule has 270 valence electrons. The Labute approximate surface area is 322 Å². The van der Waals surface area contributed by atoms with Crippen LogP contribution < -0.4 is 9.47 Å². The predicted octanol–water partition coefficient (Wildman–Crippen LogP) is 13.2. The van der Waals surface area contributed by atoms with Crippen LogP contribution in [0.1, 0.15) is 0 Å². The molecule has 0 saturated heterocycles. The van der Waals surface area contributed by atoms with E-state index in [0.717, 1.165) is 99.9 Å². The Bertz CT molecular complexity index is 2910. The Kier molecular flexibility index (Phi) is 7.92. The molecule has 10 aromatic rings. The van der Waals surface area contributed by atoms with Crippen molar-refractivity contribution in [2.75, 3.05) is 14.2 Å². The molecule has 0 fully saturated rings. The van der Waals surface area contributed by atoms with Crippen molar-refractivity contribution >= 4 is 43.6 Å². The molecule has 0 radical (unpaired) electrons. The van der Waals surface area contributed by atoms with Crippen molar-refractivity contribution in [2.24, 2.45) is 0 Å². The van der Waals surface area contributed by atoms with Crippen molar-refractivity contribution in [2.45, 2.75) is 0 Å². The molecule has 0 aliphatic heterocycles. The van der Waals surface area contributed by atoms with Gasteiger partial charge in [-0.15, -0.1) is 0 Å². The maximum Gasteiger partial charge on any atom is 0.126 e. The summed E-state index contributed by atoms with van der Waals surface area (Å²) >= 11 is 0. The molecular formula is C50H34F2N2O2. The van der Waals surface area contributed by atoms with Crippen LogP contribution in [0, 0.1) is 11.6 Å². The SMILES string of the molecule is COc1ccc(-c2ccc3c(c2)c2ccccc2n3-c2ccc(F)cc2)cc1-c1cc(-c2ccc3c(c2)c2ccccc2n3-c2ccc(F)cc2)ccc1OC. The van der Waals surface area contributed by atoms with Gasteiger partial charge in [0.15, 0.2) is 0 Å². The van der Waals surface area contributed by atoms with E-state index in [9.17, 15) is 8.78 Å². The van der Waals surface area contributed by atoms with Gasteiger partial charge in [0, 0.05) is 44.0 Å². The Morgan fingerprint density at radius 1 is 0.357 bits per heavy atom. The third kappa shape index (κ3) is 5.41. The highest BCUT2D eigenvalue weighted by atomic mass is 19.1. The van der Waals surface area contributed by atoms with E-state index in [1.165, 1.54) is 24.3 Å². The van der Waals surface area contributed by atoms with Crippen LogP contribution in [-0.2, 0) is 0 Å². The number of ether oxygens (including phenoxy) is 2. The largest absolute Gasteiger partial charge is 0.496 e. The molecule has 0 amide bonds. The van der Waals surface area contributed by atoms with Crippen LogP contribution in [0.15, 0.2) is 170 Å². The zero-order valence-electron chi connectivity index (χ0n) is 30.6. The van der Waals surface area contributed by atoms with Gasteiger partial charge in [-0.3, -0.25) is 0 Å². The van der Waals surface area contributed by atoms with Gasteiger partial charge < -0.3 is 18.6 Å². The van der Waals surface area contributed by atoms with E-state index < -0.39 is 0 Å². The van der Waals surface area contributed by atoms with Gasteiger partial charge in [-0.2, -0.15) is 0 Å². The number of benzene rings is 8. The van der Waals surface area contributed by atoms with Crippen LogP contribution in [0.5, 0.6) is 11.5 Å². The first-order valence-corrected chi connectivity index (χ1v) is 18.4. The molecule has 0 bridgehead atoms. The molecule has 0 aliphatic rings. The predicted molar refractivity (Wildman–Crippen MR) is 224 cm³/mol. The number of hydrogen-bond donors (Lipinski definition) is 0. The van der Waals surface area contributed by atoms with Crippen molar-refractivity contribution in [3.63, 3.8) is 0 Å². The lowest BCUT2D eigenvalue weighted by molar-refractivity contribution is 0.410. The maximum absolute atomic E-state index is 13.9. The summed E-state index contributed by atoms with van der Waals surface area (Å²) in [5.74, 6) is 0.941. The normalized spacial score (nSPS) is 11.6. The van der Waals surface area contributed by atoms with E-state index in [1.807, 2.05) is 48.5 Å². The monoisotopic (exact) mass is 732 g/mol. The van der Waals surface area contributed by atoms with Gasteiger partial charge in [0.05, 0.1) is 36.3 Å². The first kappa shape index (κ1) is 33.4. The Balaban J connectivity index is 1.10. The molecule has 0 saturated carbocycles. The van der Waals surface area contributed by atoms with Crippen LogP contribution in [0.25, 0.3) is 88.4 Å². The summed E-state index contributed by atoms with van der Waals surface area (Å²) in [6, 6.07) is 55.5. The van der Waals surface area contributed by atoms with Gasteiger partial charge in [-0.05, 0) is 131 Å². The second kappa shape index (κ2) is 13.3. The zero-order chi connectivity index (χ0) is 37.9. The summed E-state index contributed by atoms with van der Waals surface area (Å²) < 4.78 is 44.1. The third-order valence-electron chi connectivity index (χ3n) is 10.9. The van der Waals surface area contributed by atoms with Crippen molar-refractivity contribution in [1.29, 1.82) is 0 Å². The molecule has 56 heavy (non-hydrogen) atoms. The molecule has 0 spiro atoms. The number of nitrogens with zero attached hydrogens (tertiary/aromatic N) is 2. The summed E-state index contributed by atoms with van der Waals surface area (Å²) in [5, 5.41) is 4.45. The van der Waals surface area contributed by atoms with Crippen molar-refractivity contribution < 1.29 is 18.3 Å². The van der Waals surface area contributed by atoms with Crippen LogP contribution in [0.3, 0.4) is 0 Å². The van der Waals surface area contributed by atoms with Crippen molar-refractivity contribution in [1.82, 2.24) is 9.13 Å². The van der Waals surface area contributed by atoms with Crippen molar-refractivity contribution in [3.8, 4) is 56.3 Å². The molecule has 0 unspecified atom stereocenters. The van der Waals surface area contributed by atoms with Crippen LogP contribution in [0.4, 0.5) is 8.78 Å². The molecule has 10 rings (SSSR count). The average Bonchev–Trinajstić information content (AvgIpc) is 3.76. The Morgan fingerprint density at radius 3 is 1.12 bits per heavy atom. The highest BCUT2D eigenvalue weighted by Crippen LogP contribution is 2.43. The van der Waals surface area contributed by atoms with E-state index >= 15 is 0 Å². The van der Waals surface area contributed by atoms with Crippen LogP contribution >= 0.6 is 0 Å². The van der Waals surface area contributed by atoms with Gasteiger partial charge in [-0.1, -0.05) is 60.7 Å². The van der Waals surface area contributed by atoms with Gasteiger partial charge in [-0.25, -0.2) is 8.78 Å². The fourth-order valence-corrected chi connectivity index (χ4v) is 8.24.